The quantitative estimate of drug-likeness (QED) is 0.558. The van der Waals surface area contributed by atoms with Gasteiger partial charge in [-0.25, -0.2) is 0 Å². The maximum absolute atomic E-state index is 12.0. The highest BCUT2D eigenvalue weighted by atomic mass is 35.5. The molecule has 0 aliphatic rings. The zero-order chi connectivity index (χ0) is 15.1. The lowest BCUT2D eigenvalue weighted by atomic mass is 10.1. The second-order valence-electron chi connectivity index (χ2n) is 4.38. The van der Waals surface area contributed by atoms with Crippen molar-refractivity contribution in [3.63, 3.8) is 0 Å². The van der Waals surface area contributed by atoms with Crippen LogP contribution in [0, 0.1) is 0 Å². The van der Waals surface area contributed by atoms with Crippen LogP contribution in [0.4, 0.5) is 0 Å². The Morgan fingerprint density at radius 2 is 1.86 bits per heavy atom. The lowest BCUT2D eigenvalue weighted by Crippen LogP contribution is -2.09. The summed E-state index contributed by atoms with van der Waals surface area (Å²) in [6.45, 7) is 0.331. The van der Waals surface area contributed by atoms with Gasteiger partial charge in [-0.1, -0.05) is 65.7 Å². The van der Waals surface area contributed by atoms with E-state index in [-0.39, 0.29) is 12.4 Å². The molecule has 0 spiro atoms. The Morgan fingerprint density at radius 3 is 2.62 bits per heavy atom. The number of ether oxygens (including phenoxy) is 1. The van der Waals surface area contributed by atoms with Gasteiger partial charge in [0, 0.05) is 10.6 Å². The molecule has 2 aromatic rings. The first-order valence-corrected chi connectivity index (χ1v) is 7.20. The lowest BCUT2D eigenvalue weighted by molar-refractivity contribution is 0.0807. The van der Waals surface area contributed by atoms with Crippen LogP contribution >= 0.6 is 23.2 Å². The number of ketones is 1. The maximum Gasteiger partial charge on any atom is 0.190 e. The van der Waals surface area contributed by atoms with Crippen molar-refractivity contribution in [3.05, 3.63) is 75.8 Å². The number of hydrogen-bond donors (Lipinski definition) is 0. The summed E-state index contributed by atoms with van der Waals surface area (Å²) in [4.78, 5) is 12.0. The Balaban J connectivity index is 1.82. The van der Waals surface area contributed by atoms with E-state index in [1.165, 1.54) is 0 Å². The highest BCUT2D eigenvalue weighted by molar-refractivity contribution is 6.35. The average Bonchev–Trinajstić information content (AvgIpc) is 2.50. The number of carbonyl (C=O) groups excluding carboxylic acids is 1. The molecule has 0 amide bonds. The van der Waals surface area contributed by atoms with Gasteiger partial charge < -0.3 is 4.74 Å². The summed E-state index contributed by atoms with van der Waals surface area (Å²) in [6.07, 6.45) is 3.80. The first kappa shape index (κ1) is 15.8. The van der Waals surface area contributed by atoms with E-state index in [1.54, 1.807) is 18.2 Å². The smallest absolute Gasteiger partial charge is 0.190 e. The number of rotatable bonds is 6. The molecule has 0 saturated carbocycles. The summed E-state index contributed by atoms with van der Waals surface area (Å²) in [5.41, 5.74) is 1.47. The monoisotopic (exact) mass is 320 g/mol. The van der Waals surface area contributed by atoms with E-state index >= 15 is 0 Å². The predicted molar refractivity (Wildman–Crippen MR) is 87.1 cm³/mol. The van der Waals surface area contributed by atoms with Gasteiger partial charge >= 0.3 is 0 Å². The molecule has 0 aromatic heterocycles. The normalized spacial score (nSPS) is 11.0. The molecule has 2 nitrogen and oxygen atoms in total. The molecule has 0 saturated heterocycles. The lowest BCUT2D eigenvalue weighted by Gasteiger charge is -2.04. The summed E-state index contributed by atoms with van der Waals surface area (Å²) in [5.74, 6) is -0.185. The molecule has 2 aromatic carbocycles. The van der Waals surface area contributed by atoms with Crippen LogP contribution in [-0.4, -0.2) is 19.0 Å². The molecule has 21 heavy (non-hydrogen) atoms. The van der Waals surface area contributed by atoms with Gasteiger partial charge in [-0.05, 0) is 23.8 Å². The molecular weight excluding hydrogens is 307 g/mol. The predicted octanol–water partition coefficient (Wildman–Crippen LogP) is 4.91. The van der Waals surface area contributed by atoms with E-state index in [4.69, 9.17) is 27.9 Å². The fourth-order valence-electron chi connectivity index (χ4n) is 1.76. The molecule has 4 heteroatoms. The van der Waals surface area contributed by atoms with Crippen molar-refractivity contribution in [2.45, 2.75) is 0 Å². The highest BCUT2D eigenvalue weighted by Crippen LogP contribution is 2.21. The van der Waals surface area contributed by atoms with Crippen molar-refractivity contribution in [2.75, 3.05) is 13.2 Å². The first-order chi connectivity index (χ1) is 10.2. The van der Waals surface area contributed by atoms with Crippen LogP contribution in [0.2, 0.25) is 10.0 Å². The Kier molecular flexibility index (Phi) is 6.00. The molecule has 108 valence electrons. The van der Waals surface area contributed by atoms with Crippen molar-refractivity contribution in [1.29, 1.82) is 0 Å². The summed E-state index contributed by atoms with van der Waals surface area (Å²) in [5, 5.41) is 0.861. The number of carbonyl (C=O) groups is 1. The van der Waals surface area contributed by atoms with Crippen LogP contribution in [0.5, 0.6) is 0 Å². The second-order valence-corrected chi connectivity index (χ2v) is 5.22. The highest BCUT2D eigenvalue weighted by Gasteiger charge is 2.10. The van der Waals surface area contributed by atoms with Gasteiger partial charge in [0.2, 0.25) is 0 Å². The molecule has 0 N–H and O–H groups in total. The van der Waals surface area contributed by atoms with Crippen LogP contribution in [0.25, 0.3) is 6.08 Å². The van der Waals surface area contributed by atoms with E-state index in [1.807, 2.05) is 42.5 Å². The van der Waals surface area contributed by atoms with Crippen molar-refractivity contribution in [3.8, 4) is 0 Å². The Labute approximate surface area is 134 Å². The van der Waals surface area contributed by atoms with Gasteiger partial charge in [0.1, 0.15) is 6.61 Å². The summed E-state index contributed by atoms with van der Waals surface area (Å²) in [6, 6.07) is 14.7. The average molecular weight is 321 g/mol. The molecular formula is C17H14Cl2O2. The SMILES string of the molecule is O=C(COCC=Cc1ccccc1)c1cc(Cl)ccc1Cl. The zero-order valence-electron chi connectivity index (χ0n) is 11.3. The molecule has 0 atom stereocenters. The van der Waals surface area contributed by atoms with Crippen LogP contribution < -0.4 is 0 Å². The summed E-state index contributed by atoms with van der Waals surface area (Å²) >= 11 is 11.8. The molecule has 0 bridgehead atoms. The molecule has 2 rings (SSSR count). The summed E-state index contributed by atoms with van der Waals surface area (Å²) < 4.78 is 5.33. The van der Waals surface area contributed by atoms with E-state index in [9.17, 15) is 4.79 Å². The molecule has 0 fully saturated rings. The van der Waals surface area contributed by atoms with Gasteiger partial charge in [-0.3, -0.25) is 4.79 Å². The third-order valence-corrected chi connectivity index (χ3v) is 3.35. The van der Waals surface area contributed by atoms with Gasteiger partial charge in [0.15, 0.2) is 5.78 Å². The third kappa shape index (κ3) is 5.01. The van der Waals surface area contributed by atoms with E-state index < -0.39 is 0 Å². The van der Waals surface area contributed by atoms with Crippen molar-refractivity contribution < 1.29 is 9.53 Å². The van der Waals surface area contributed by atoms with Crippen molar-refractivity contribution >= 4 is 35.1 Å². The maximum atomic E-state index is 12.0. The molecule has 0 radical (unpaired) electrons. The Hall–Kier alpha value is -1.61. The minimum atomic E-state index is -0.185. The number of hydrogen-bond acceptors (Lipinski definition) is 2. The number of halogens is 2. The Bertz CT molecular complexity index is 636. The van der Waals surface area contributed by atoms with Gasteiger partial charge in [-0.2, -0.15) is 0 Å². The second kappa shape index (κ2) is 7.99. The first-order valence-electron chi connectivity index (χ1n) is 6.44. The molecule has 0 aliphatic carbocycles. The van der Waals surface area contributed by atoms with E-state index in [0.29, 0.717) is 22.2 Å². The molecule has 0 unspecified atom stereocenters. The topological polar surface area (TPSA) is 26.3 Å². The van der Waals surface area contributed by atoms with Crippen LogP contribution in [-0.2, 0) is 4.74 Å². The fraction of sp³-hybridized carbons (Fsp3) is 0.118. The van der Waals surface area contributed by atoms with Crippen LogP contribution in [0.15, 0.2) is 54.6 Å². The molecule has 0 aliphatic heterocycles. The standard InChI is InChI=1S/C17H14Cl2O2/c18-14-8-9-16(19)15(11-14)17(20)12-21-10-4-7-13-5-2-1-3-6-13/h1-9,11H,10,12H2. The van der Waals surface area contributed by atoms with E-state index in [0.717, 1.165) is 5.56 Å². The molecule has 0 heterocycles. The number of benzene rings is 2. The zero-order valence-corrected chi connectivity index (χ0v) is 12.8. The van der Waals surface area contributed by atoms with Gasteiger partial charge in [0.05, 0.1) is 11.6 Å². The third-order valence-electron chi connectivity index (χ3n) is 2.79. The van der Waals surface area contributed by atoms with Gasteiger partial charge in [-0.15, -0.1) is 0 Å². The minimum absolute atomic E-state index is 0.0286. The summed E-state index contributed by atoms with van der Waals surface area (Å²) in [7, 11) is 0. The largest absolute Gasteiger partial charge is 0.369 e. The van der Waals surface area contributed by atoms with Gasteiger partial charge in [0.25, 0.3) is 0 Å². The Morgan fingerprint density at radius 1 is 1.10 bits per heavy atom. The minimum Gasteiger partial charge on any atom is -0.369 e. The van der Waals surface area contributed by atoms with Crippen LogP contribution in [0.1, 0.15) is 15.9 Å². The fourth-order valence-corrected chi connectivity index (χ4v) is 2.15. The number of Topliss-reactive ketones (excluding diaryl/α,β-unsaturated/α-hetero) is 1. The van der Waals surface area contributed by atoms with Crippen molar-refractivity contribution in [2.24, 2.45) is 0 Å². The van der Waals surface area contributed by atoms with E-state index in [2.05, 4.69) is 0 Å². The van der Waals surface area contributed by atoms with Crippen LogP contribution in [0.3, 0.4) is 0 Å². The van der Waals surface area contributed by atoms with Crippen molar-refractivity contribution in [1.82, 2.24) is 0 Å².